The largest absolute Gasteiger partial charge is 0.478 e. The molecule has 0 bridgehead atoms. The minimum Gasteiger partial charge on any atom is -0.478 e. The average molecular weight is 213 g/mol. The van der Waals surface area contributed by atoms with Crippen LogP contribution in [0, 0.1) is 6.92 Å². The number of halogens is 1. The molecule has 0 fully saturated rings. The molecule has 0 aliphatic carbocycles. The molecular weight excluding hydrogens is 200 g/mol. The van der Waals surface area contributed by atoms with Crippen LogP contribution in [0.1, 0.15) is 41.3 Å². The van der Waals surface area contributed by atoms with Crippen LogP contribution in [0.25, 0.3) is 0 Å². The second-order valence-corrected chi connectivity index (χ2v) is 4.06. The Morgan fingerprint density at radius 2 is 2.00 bits per heavy atom. The van der Waals surface area contributed by atoms with E-state index in [4.69, 9.17) is 16.7 Å². The van der Waals surface area contributed by atoms with Gasteiger partial charge in [0, 0.05) is 5.02 Å². The summed E-state index contributed by atoms with van der Waals surface area (Å²) in [6.07, 6.45) is 0. The summed E-state index contributed by atoms with van der Waals surface area (Å²) < 4.78 is 0. The van der Waals surface area contributed by atoms with E-state index in [9.17, 15) is 4.79 Å². The summed E-state index contributed by atoms with van der Waals surface area (Å²) in [5.41, 5.74) is 2.05. The van der Waals surface area contributed by atoms with Crippen molar-refractivity contribution in [3.8, 4) is 0 Å². The normalized spacial score (nSPS) is 10.6. The number of carboxylic acids is 1. The van der Waals surface area contributed by atoms with E-state index < -0.39 is 5.97 Å². The first-order valence-corrected chi connectivity index (χ1v) is 4.84. The number of aryl methyl sites for hydroxylation is 1. The maximum Gasteiger partial charge on any atom is 0.336 e. The lowest BCUT2D eigenvalue weighted by Gasteiger charge is -2.11. The first-order valence-electron chi connectivity index (χ1n) is 4.46. The molecule has 0 atom stereocenters. The molecule has 1 rings (SSSR count). The predicted molar refractivity (Wildman–Crippen MR) is 57.2 cm³/mol. The Hall–Kier alpha value is -1.02. The minimum absolute atomic E-state index is 0.192. The van der Waals surface area contributed by atoms with Crippen molar-refractivity contribution in [2.45, 2.75) is 26.7 Å². The quantitative estimate of drug-likeness (QED) is 0.815. The zero-order valence-corrected chi connectivity index (χ0v) is 9.22. The highest BCUT2D eigenvalue weighted by Gasteiger charge is 2.14. The van der Waals surface area contributed by atoms with Gasteiger partial charge in [0.2, 0.25) is 0 Å². The molecule has 14 heavy (non-hydrogen) atoms. The van der Waals surface area contributed by atoms with Crippen LogP contribution in [0.3, 0.4) is 0 Å². The van der Waals surface area contributed by atoms with Crippen LogP contribution >= 0.6 is 11.6 Å². The highest BCUT2D eigenvalue weighted by Crippen LogP contribution is 2.26. The van der Waals surface area contributed by atoms with Crippen molar-refractivity contribution in [1.29, 1.82) is 0 Å². The molecule has 0 unspecified atom stereocenters. The summed E-state index contributed by atoms with van der Waals surface area (Å²) in [6.45, 7) is 5.81. The third-order valence-electron chi connectivity index (χ3n) is 2.18. The van der Waals surface area contributed by atoms with Gasteiger partial charge < -0.3 is 5.11 Å². The summed E-state index contributed by atoms with van der Waals surface area (Å²) in [7, 11) is 0. The maximum absolute atomic E-state index is 10.9. The monoisotopic (exact) mass is 212 g/mol. The third kappa shape index (κ3) is 2.07. The summed E-state index contributed by atoms with van der Waals surface area (Å²) in [5.74, 6) is -0.729. The number of carboxylic acid groups (broad SMARTS) is 1. The fraction of sp³-hybridized carbons (Fsp3) is 0.364. The Morgan fingerprint density at radius 1 is 1.43 bits per heavy atom. The number of rotatable bonds is 2. The van der Waals surface area contributed by atoms with Crippen LogP contribution in [0.15, 0.2) is 12.1 Å². The van der Waals surface area contributed by atoms with Crippen LogP contribution in [0.2, 0.25) is 5.02 Å². The van der Waals surface area contributed by atoms with E-state index in [1.165, 1.54) is 6.07 Å². The molecule has 3 heteroatoms. The van der Waals surface area contributed by atoms with Gasteiger partial charge in [-0.3, -0.25) is 0 Å². The van der Waals surface area contributed by atoms with E-state index in [1.807, 2.05) is 26.8 Å². The Bertz CT molecular complexity index is 370. The van der Waals surface area contributed by atoms with Crippen molar-refractivity contribution in [2.24, 2.45) is 0 Å². The standard InChI is InChI=1S/C11H13ClO2/c1-6(2)8-4-7(3)10(12)5-9(8)11(13)14/h4-6H,1-3H3,(H,13,14). The topological polar surface area (TPSA) is 37.3 Å². The van der Waals surface area contributed by atoms with Crippen molar-refractivity contribution in [3.63, 3.8) is 0 Å². The molecule has 1 aromatic rings. The Balaban J connectivity index is 3.39. The summed E-state index contributed by atoms with van der Waals surface area (Å²) in [4.78, 5) is 10.9. The molecule has 0 aromatic heterocycles. The molecule has 0 aliphatic heterocycles. The molecule has 1 N–H and O–H groups in total. The average Bonchev–Trinajstić information content (AvgIpc) is 2.08. The lowest BCUT2D eigenvalue weighted by Crippen LogP contribution is -2.04. The number of carbonyl (C=O) groups is 1. The zero-order chi connectivity index (χ0) is 10.9. The molecule has 0 saturated carbocycles. The Labute approximate surface area is 88.5 Å². The van der Waals surface area contributed by atoms with E-state index in [1.54, 1.807) is 0 Å². The number of aromatic carboxylic acids is 1. The second-order valence-electron chi connectivity index (χ2n) is 3.65. The van der Waals surface area contributed by atoms with Gasteiger partial charge in [0.05, 0.1) is 5.56 Å². The highest BCUT2D eigenvalue weighted by atomic mass is 35.5. The van der Waals surface area contributed by atoms with Crippen LogP contribution in [0.4, 0.5) is 0 Å². The SMILES string of the molecule is Cc1cc(C(C)C)c(C(=O)O)cc1Cl. The first-order chi connectivity index (χ1) is 6.43. The van der Waals surface area contributed by atoms with Crippen LogP contribution in [0.5, 0.6) is 0 Å². The number of hydrogen-bond acceptors (Lipinski definition) is 1. The molecule has 2 nitrogen and oxygen atoms in total. The molecule has 76 valence electrons. The third-order valence-corrected chi connectivity index (χ3v) is 2.59. The van der Waals surface area contributed by atoms with Crippen LogP contribution in [-0.4, -0.2) is 11.1 Å². The molecule has 1 aromatic carbocycles. The molecule has 0 aliphatic rings. The fourth-order valence-electron chi connectivity index (χ4n) is 1.37. The zero-order valence-electron chi connectivity index (χ0n) is 8.47. The van der Waals surface area contributed by atoms with Gasteiger partial charge in [0.1, 0.15) is 0 Å². The minimum atomic E-state index is -0.921. The van der Waals surface area contributed by atoms with Gasteiger partial charge in [-0.1, -0.05) is 31.5 Å². The van der Waals surface area contributed by atoms with E-state index in [-0.39, 0.29) is 5.92 Å². The first kappa shape index (κ1) is 11.1. The fourth-order valence-corrected chi connectivity index (χ4v) is 1.53. The predicted octanol–water partition coefficient (Wildman–Crippen LogP) is 3.47. The highest BCUT2D eigenvalue weighted by molar-refractivity contribution is 6.31. The molecule has 0 spiro atoms. The molecule has 0 radical (unpaired) electrons. The van der Waals surface area contributed by atoms with Crippen LogP contribution < -0.4 is 0 Å². The van der Waals surface area contributed by atoms with Crippen molar-refractivity contribution in [3.05, 3.63) is 33.8 Å². The van der Waals surface area contributed by atoms with Crippen LogP contribution in [-0.2, 0) is 0 Å². The number of benzene rings is 1. The molecule has 0 saturated heterocycles. The van der Waals surface area contributed by atoms with E-state index in [0.29, 0.717) is 10.6 Å². The lowest BCUT2D eigenvalue weighted by molar-refractivity contribution is 0.0695. The molecule has 0 amide bonds. The van der Waals surface area contributed by atoms with E-state index >= 15 is 0 Å². The van der Waals surface area contributed by atoms with Crippen molar-refractivity contribution in [2.75, 3.05) is 0 Å². The Kier molecular flexibility index (Phi) is 3.17. The van der Waals surface area contributed by atoms with Gasteiger partial charge in [0.25, 0.3) is 0 Å². The van der Waals surface area contributed by atoms with Crippen molar-refractivity contribution >= 4 is 17.6 Å². The van der Waals surface area contributed by atoms with Gasteiger partial charge in [-0.2, -0.15) is 0 Å². The van der Waals surface area contributed by atoms with Gasteiger partial charge in [0.15, 0.2) is 0 Å². The summed E-state index contributed by atoms with van der Waals surface area (Å²) in [6, 6.07) is 3.37. The number of hydrogen-bond donors (Lipinski definition) is 1. The lowest BCUT2D eigenvalue weighted by atomic mass is 9.95. The van der Waals surface area contributed by atoms with Gasteiger partial charge in [-0.15, -0.1) is 0 Å². The van der Waals surface area contributed by atoms with E-state index in [2.05, 4.69) is 0 Å². The van der Waals surface area contributed by atoms with Crippen molar-refractivity contribution in [1.82, 2.24) is 0 Å². The Morgan fingerprint density at radius 3 is 2.43 bits per heavy atom. The van der Waals surface area contributed by atoms with Crippen molar-refractivity contribution < 1.29 is 9.90 Å². The second kappa shape index (κ2) is 4.01. The van der Waals surface area contributed by atoms with Gasteiger partial charge in [-0.25, -0.2) is 4.79 Å². The summed E-state index contributed by atoms with van der Waals surface area (Å²) in [5, 5.41) is 9.48. The smallest absolute Gasteiger partial charge is 0.336 e. The van der Waals surface area contributed by atoms with E-state index in [0.717, 1.165) is 11.1 Å². The summed E-state index contributed by atoms with van der Waals surface area (Å²) >= 11 is 5.87. The molecule has 0 heterocycles. The maximum atomic E-state index is 10.9. The molecular formula is C11H13ClO2. The van der Waals surface area contributed by atoms with Gasteiger partial charge >= 0.3 is 5.97 Å². The van der Waals surface area contributed by atoms with Gasteiger partial charge in [-0.05, 0) is 30.0 Å².